The fourth-order valence-corrected chi connectivity index (χ4v) is 1.99. The first-order valence-corrected chi connectivity index (χ1v) is 5.97. The van der Waals surface area contributed by atoms with Crippen molar-refractivity contribution in [3.8, 4) is 6.07 Å². The highest BCUT2D eigenvalue weighted by atomic mass is 35.5. The molecule has 1 aromatic heterocycles. The van der Waals surface area contributed by atoms with Crippen LogP contribution >= 0.6 is 11.6 Å². The first-order valence-electron chi connectivity index (χ1n) is 5.59. The van der Waals surface area contributed by atoms with Gasteiger partial charge in [0.15, 0.2) is 0 Å². The second kappa shape index (κ2) is 5.31. The first-order chi connectivity index (χ1) is 9.45. The van der Waals surface area contributed by atoms with Crippen molar-refractivity contribution >= 4 is 11.6 Å². The molecule has 0 aliphatic carbocycles. The maximum Gasteiger partial charge on any atom is 0.332 e. The third kappa shape index (κ3) is 2.36. The summed E-state index contributed by atoms with van der Waals surface area (Å²) in [5.41, 5.74) is -1.06. The van der Waals surface area contributed by atoms with E-state index in [0.29, 0.717) is 0 Å². The molecule has 1 aromatic carbocycles. The number of aromatic nitrogens is 2. The van der Waals surface area contributed by atoms with Crippen LogP contribution in [0, 0.1) is 17.1 Å². The maximum atomic E-state index is 13.8. The average Bonchev–Trinajstić information content (AvgIpc) is 2.42. The molecule has 0 aliphatic heterocycles. The van der Waals surface area contributed by atoms with Crippen molar-refractivity contribution < 1.29 is 4.39 Å². The summed E-state index contributed by atoms with van der Waals surface area (Å²) >= 11 is 5.85. The Kier molecular flexibility index (Phi) is 3.72. The fraction of sp³-hybridized carbons (Fsp3) is 0.154. The van der Waals surface area contributed by atoms with Crippen LogP contribution in [-0.4, -0.2) is 9.13 Å². The van der Waals surface area contributed by atoms with E-state index in [1.807, 2.05) is 6.07 Å². The molecular weight excluding hydrogens is 285 g/mol. The number of nitriles is 1. The van der Waals surface area contributed by atoms with Gasteiger partial charge >= 0.3 is 5.69 Å². The van der Waals surface area contributed by atoms with E-state index >= 15 is 0 Å². The van der Waals surface area contributed by atoms with Gasteiger partial charge in [0.1, 0.15) is 11.0 Å². The van der Waals surface area contributed by atoms with Gasteiger partial charge in [0.25, 0.3) is 5.56 Å². The Morgan fingerprint density at radius 3 is 2.75 bits per heavy atom. The Hall–Kier alpha value is -2.39. The molecule has 0 spiro atoms. The molecular formula is C13H9ClFN3O2. The molecule has 0 amide bonds. The van der Waals surface area contributed by atoms with E-state index in [1.54, 1.807) is 0 Å². The van der Waals surface area contributed by atoms with Crippen molar-refractivity contribution in [1.82, 2.24) is 9.13 Å². The van der Waals surface area contributed by atoms with Gasteiger partial charge in [-0.15, -0.1) is 0 Å². The monoisotopic (exact) mass is 293 g/mol. The standard InChI is InChI=1S/C13H9ClFN3O2/c1-17-12(19)5-11(14)18(13(17)20)7-9-8(6-16)3-2-4-10(9)15/h2-5H,7H2,1H3. The van der Waals surface area contributed by atoms with Crippen molar-refractivity contribution in [2.45, 2.75) is 6.54 Å². The average molecular weight is 294 g/mol. The lowest BCUT2D eigenvalue weighted by molar-refractivity contribution is 0.581. The fourth-order valence-electron chi connectivity index (χ4n) is 1.77. The topological polar surface area (TPSA) is 67.8 Å². The molecule has 0 N–H and O–H groups in total. The van der Waals surface area contributed by atoms with Crippen molar-refractivity contribution in [3.63, 3.8) is 0 Å². The molecule has 5 nitrogen and oxygen atoms in total. The number of rotatable bonds is 2. The van der Waals surface area contributed by atoms with Crippen LogP contribution in [-0.2, 0) is 13.6 Å². The Bertz CT molecular complexity index is 833. The Labute approximate surface area is 118 Å². The van der Waals surface area contributed by atoms with Gasteiger partial charge < -0.3 is 0 Å². The van der Waals surface area contributed by atoms with Crippen LogP contribution in [0.4, 0.5) is 4.39 Å². The summed E-state index contributed by atoms with van der Waals surface area (Å²) in [6.45, 7) is -0.221. The highest BCUT2D eigenvalue weighted by Gasteiger charge is 2.13. The predicted octanol–water partition coefficient (Wildman–Crippen LogP) is 1.26. The number of hydrogen-bond acceptors (Lipinski definition) is 3. The van der Waals surface area contributed by atoms with Gasteiger partial charge in [0.2, 0.25) is 0 Å². The molecule has 7 heteroatoms. The molecule has 2 rings (SSSR count). The lowest BCUT2D eigenvalue weighted by atomic mass is 10.1. The van der Waals surface area contributed by atoms with Gasteiger partial charge in [-0.1, -0.05) is 17.7 Å². The largest absolute Gasteiger partial charge is 0.332 e. The SMILES string of the molecule is Cn1c(=O)cc(Cl)n(Cc2c(F)cccc2C#N)c1=O. The van der Waals surface area contributed by atoms with Crippen LogP contribution in [0.1, 0.15) is 11.1 Å². The van der Waals surface area contributed by atoms with Gasteiger partial charge in [0.05, 0.1) is 18.2 Å². The summed E-state index contributed by atoms with van der Waals surface area (Å²) in [5.74, 6) is -0.610. The van der Waals surface area contributed by atoms with Gasteiger partial charge in [-0.25, -0.2) is 9.18 Å². The molecule has 20 heavy (non-hydrogen) atoms. The number of halogens is 2. The third-order valence-electron chi connectivity index (χ3n) is 2.90. The second-order valence-corrected chi connectivity index (χ2v) is 4.50. The zero-order valence-corrected chi connectivity index (χ0v) is 11.2. The van der Waals surface area contributed by atoms with E-state index < -0.39 is 17.1 Å². The molecule has 0 aliphatic rings. The molecule has 0 radical (unpaired) electrons. The predicted molar refractivity (Wildman–Crippen MR) is 71.2 cm³/mol. The summed E-state index contributed by atoms with van der Waals surface area (Å²) < 4.78 is 15.7. The Balaban J connectivity index is 2.64. The summed E-state index contributed by atoms with van der Waals surface area (Å²) in [4.78, 5) is 23.4. The van der Waals surface area contributed by atoms with Gasteiger partial charge in [0, 0.05) is 18.7 Å². The normalized spacial score (nSPS) is 10.3. The van der Waals surface area contributed by atoms with Gasteiger partial charge in [-0.2, -0.15) is 5.26 Å². The number of benzene rings is 1. The molecule has 0 bridgehead atoms. The van der Waals surface area contributed by atoms with Crippen LogP contribution in [0.2, 0.25) is 5.15 Å². The molecule has 0 atom stereocenters. The second-order valence-electron chi connectivity index (χ2n) is 4.11. The molecule has 1 heterocycles. The molecule has 0 unspecified atom stereocenters. The smallest absolute Gasteiger partial charge is 0.279 e. The lowest BCUT2D eigenvalue weighted by Gasteiger charge is -2.11. The minimum absolute atomic E-state index is 0.0534. The summed E-state index contributed by atoms with van der Waals surface area (Å²) in [6.07, 6.45) is 0. The highest BCUT2D eigenvalue weighted by molar-refractivity contribution is 6.29. The van der Waals surface area contributed by atoms with Crippen molar-refractivity contribution in [2.75, 3.05) is 0 Å². The van der Waals surface area contributed by atoms with Gasteiger partial charge in [-0.05, 0) is 12.1 Å². The summed E-state index contributed by atoms with van der Waals surface area (Å²) in [5, 5.41) is 8.86. The van der Waals surface area contributed by atoms with E-state index in [0.717, 1.165) is 15.2 Å². The van der Waals surface area contributed by atoms with E-state index in [-0.39, 0.29) is 22.8 Å². The third-order valence-corrected chi connectivity index (χ3v) is 3.22. The zero-order valence-electron chi connectivity index (χ0n) is 10.4. The molecule has 0 fully saturated rings. The van der Waals surface area contributed by atoms with Crippen LogP contribution in [0.15, 0.2) is 33.9 Å². The van der Waals surface area contributed by atoms with Crippen LogP contribution in [0.5, 0.6) is 0 Å². The minimum atomic E-state index is -0.672. The highest BCUT2D eigenvalue weighted by Crippen LogP contribution is 2.15. The Morgan fingerprint density at radius 2 is 2.10 bits per heavy atom. The molecule has 0 saturated heterocycles. The first kappa shape index (κ1) is 14.0. The van der Waals surface area contributed by atoms with Crippen molar-refractivity contribution in [2.24, 2.45) is 7.05 Å². The van der Waals surface area contributed by atoms with Gasteiger partial charge in [-0.3, -0.25) is 13.9 Å². The number of nitrogens with zero attached hydrogens (tertiary/aromatic N) is 3. The quantitative estimate of drug-likeness (QED) is 0.783. The van der Waals surface area contributed by atoms with Crippen molar-refractivity contribution in [1.29, 1.82) is 5.26 Å². The number of hydrogen-bond donors (Lipinski definition) is 0. The van der Waals surface area contributed by atoms with Crippen LogP contribution in [0.3, 0.4) is 0 Å². The zero-order chi connectivity index (χ0) is 14.9. The lowest BCUT2D eigenvalue weighted by Crippen LogP contribution is -2.38. The molecule has 102 valence electrons. The van der Waals surface area contributed by atoms with E-state index in [9.17, 15) is 14.0 Å². The maximum absolute atomic E-state index is 13.8. The Morgan fingerprint density at radius 1 is 1.40 bits per heavy atom. The summed E-state index contributed by atoms with van der Waals surface area (Å²) in [6, 6.07) is 6.96. The molecule has 0 saturated carbocycles. The van der Waals surface area contributed by atoms with Crippen LogP contribution in [0.25, 0.3) is 0 Å². The molecule has 2 aromatic rings. The van der Waals surface area contributed by atoms with Crippen LogP contribution < -0.4 is 11.2 Å². The van der Waals surface area contributed by atoms with Crippen molar-refractivity contribution in [3.05, 3.63) is 67.2 Å². The van der Waals surface area contributed by atoms with E-state index in [2.05, 4.69) is 0 Å². The van der Waals surface area contributed by atoms with E-state index in [4.69, 9.17) is 16.9 Å². The minimum Gasteiger partial charge on any atom is -0.279 e. The van der Waals surface area contributed by atoms with E-state index in [1.165, 1.54) is 25.2 Å². The summed E-state index contributed by atoms with van der Waals surface area (Å²) in [7, 11) is 1.30.